The van der Waals surface area contributed by atoms with Crippen LogP contribution in [0.1, 0.15) is 25.3 Å². The first-order valence-electron chi connectivity index (χ1n) is 6.69. The summed E-state index contributed by atoms with van der Waals surface area (Å²) < 4.78 is 10.7. The van der Waals surface area contributed by atoms with E-state index in [-0.39, 0.29) is 6.04 Å². The summed E-state index contributed by atoms with van der Waals surface area (Å²) in [7, 11) is 5.41. The number of benzene rings is 1. The maximum absolute atomic E-state index is 5.78. The molecule has 1 rings (SSSR count). The lowest BCUT2D eigenvalue weighted by molar-refractivity contribution is 0.354. The fourth-order valence-electron chi connectivity index (χ4n) is 2.15. The van der Waals surface area contributed by atoms with Gasteiger partial charge in [0, 0.05) is 31.4 Å². The zero-order valence-electron chi connectivity index (χ0n) is 12.7. The molecule has 0 radical (unpaired) electrons. The summed E-state index contributed by atoms with van der Waals surface area (Å²) in [4.78, 5) is 2.24. The SMILES string of the molecule is COc1cc(C)c(N(C)CCCC(C)N)cc1OC. The molecule has 0 heterocycles. The Hall–Kier alpha value is -1.42. The Balaban J connectivity index is 2.81. The van der Waals surface area contributed by atoms with Gasteiger partial charge in [0.05, 0.1) is 14.2 Å². The van der Waals surface area contributed by atoms with E-state index >= 15 is 0 Å². The highest BCUT2D eigenvalue weighted by molar-refractivity contribution is 5.61. The van der Waals surface area contributed by atoms with Crippen LogP contribution in [0.15, 0.2) is 12.1 Å². The van der Waals surface area contributed by atoms with Crippen LogP contribution in [-0.2, 0) is 0 Å². The molecular formula is C15H26N2O2. The van der Waals surface area contributed by atoms with E-state index in [0.29, 0.717) is 0 Å². The average molecular weight is 266 g/mol. The van der Waals surface area contributed by atoms with Gasteiger partial charge in [0.25, 0.3) is 0 Å². The van der Waals surface area contributed by atoms with E-state index in [1.807, 2.05) is 19.1 Å². The van der Waals surface area contributed by atoms with Crippen LogP contribution < -0.4 is 20.1 Å². The number of rotatable bonds is 7. The van der Waals surface area contributed by atoms with Gasteiger partial charge >= 0.3 is 0 Å². The lowest BCUT2D eigenvalue weighted by Crippen LogP contribution is -2.22. The number of anilines is 1. The van der Waals surface area contributed by atoms with Crippen LogP contribution in [0, 0.1) is 6.92 Å². The van der Waals surface area contributed by atoms with E-state index in [1.165, 1.54) is 11.3 Å². The van der Waals surface area contributed by atoms with Crippen molar-refractivity contribution in [2.45, 2.75) is 32.7 Å². The van der Waals surface area contributed by atoms with Crippen LogP contribution in [0.3, 0.4) is 0 Å². The molecule has 0 aliphatic rings. The summed E-state index contributed by atoms with van der Waals surface area (Å²) in [5.41, 5.74) is 8.13. The van der Waals surface area contributed by atoms with Crippen LogP contribution in [-0.4, -0.2) is 33.9 Å². The number of hydrogen-bond donors (Lipinski definition) is 1. The molecule has 1 unspecified atom stereocenters. The van der Waals surface area contributed by atoms with Crippen LogP contribution in [0.2, 0.25) is 0 Å². The zero-order chi connectivity index (χ0) is 14.4. The van der Waals surface area contributed by atoms with E-state index in [1.54, 1.807) is 14.2 Å². The Labute approximate surface area is 116 Å². The molecule has 1 aromatic carbocycles. The molecular weight excluding hydrogens is 240 g/mol. The highest BCUT2D eigenvalue weighted by Gasteiger charge is 2.11. The summed E-state index contributed by atoms with van der Waals surface area (Å²) in [6.07, 6.45) is 2.12. The van der Waals surface area contributed by atoms with Crippen LogP contribution in [0.25, 0.3) is 0 Å². The number of hydrogen-bond acceptors (Lipinski definition) is 4. The van der Waals surface area contributed by atoms with E-state index < -0.39 is 0 Å². The third-order valence-corrected chi connectivity index (χ3v) is 3.27. The van der Waals surface area contributed by atoms with Crippen molar-refractivity contribution in [1.82, 2.24) is 0 Å². The molecule has 0 fully saturated rings. The first kappa shape index (κ1) is 15.6. The molecule has 1 aromatic rings. The quantitative estimate of drug-likeness (QED) is 0.824. The maximum Gasteiger partial charge on any atom is 0.162 e. The van der Waals surface area contributed by atoms with Crippen LogP contribution in [0.5, 0.6) is 11.5 Å². The number of nitrogens with zero attached hydrogens (tertiary/aromatic N) is 1. The molecule has 2 N–H and O–H groups in total. The zero-order valence-corrected chi connectivity index (χ0v) is 12.7. The molecule has 4 heteroatoms. The Morgan fingerprint density at radius 1 is 1.21 bits per heavy atom. The second-order valence-electron chi connectivity index (χ2n) is 5.03. The molecule has 1 atom stereocenters. The van der Waals surface area contributed by atoms with E-state index in [0.717, 1.165) is 30.9 Å². The van der Waals surface area contributed by atoms with Gasteiger partial charge < -0.3 is 20.1 Å². The second kappa shape index (κ2) is 7.24. The van der Waals surface area contributed by atoms with E-state index in [2.05, 4.69) is 18.9 Å². The smallest absolute Gasteiger partial charge is 0.162 e. The molecule has 108 valence electrons. The average Bonchev–Trinajstić information content (AvgIpc) is 2.37. The van der Waals surface area contributed by atoms with Gasteiger partial charge in [-0.3, -0.25) is 0 Å². The lowest BCUT2D eigenvalue weighted by Gasteiger charge is -2.23. The van der Waals surface area contributed by atoms with Gasteiger partial charge in [-0.2, -0.15) is 0 Å². The second-order valence-corrected chi connectivity index (χ2v) is 5.03. The van der Waals surface area contributed by atoms with Crippen molar-refractivity contribution in [2.24, 2.45) is 5.73 Å². The molecule has 19 heavy (non-hydrogen) atoms. The van der Waals surface area contributed by atoms with Gasteiger partial charge in [0.15, 0.2) is 11.5 Å². The Bertz CT molecular complexity index is 405. The Morgan fingerprint density at radius 2 is 1.79 bits per heavy atom. The van der Waals surface area contributed by atoms with Gasteiger partial charge in [-0.15, -0.1) is 0 Å². The normalized spacial score (nSPS) is 12.1. The standard InChI is InChI=1S/C15H26N2O2/c1-11-9-14(18-4)15(19-5)10-13(11)17(3)8-6-7-12(2)16/h9-10,12H,6-8,16H2,1-5H3. The monoisotopic (exact) mass is 266 g/mol. The van der Waals surface area contributed by atoms with E-state index in [9.17, 15) is 0 Å². The first-order valence-corrected chi connectivity index (χ1v) is 6.69. The molecule has 0 aliphatic heterocycles. The van der Waals surface area contributed by atoms with Gasteiger partial charge in [-0.05, 0) is 38.3 Å². The highest BCUT2D eigenvalue weighted by Crippen LogP contribution is 2.34. The largest absolute Gasteiger partial charge is 0.493 e. The topological polar surface area (TPSA) is 47.7 Å². The number of nitrogens with two attached hydrogens (primary N) is 1. The summed E-state index contributed by atoms with van der Waals surface area (Å²) in [6.45, 7) is 5.11. The molecule has 0 saturated carbocycles. The molecule has 0 amide bonds. The van der Waals surface area contributed by atoms with Gasteiger partial charge in [0.2, 0.25) is 0 Å². The summed E-state index contributed by atoms with van der Waals surface area (Å²) in [6, 6.07) is 4.30. The number of ether oxygens (including phenoxy) is 2. The van der Waals surface area contributed by atoms with Crippen LogP contribution in [0.4, 0.5) is 5.69 Å². The van der Waals surface area contributed by atoms with E-state index in [4.69, 9.17) is 15.2 Å². The summed E-state index contributed by atoms with van der Waals surface area (Å²) in [5, 5.41) is 0. The molecule has 0 aromatic heterocycles. The molecule has 0 aliphatic carbocycles. The minimum Gasteiger partial charge on any atom is -0.493 e. The van der Waals surface area contributed by atoms with Gasteiger partial charge in [0.1, 0.15) is 0 Å². The van der Waals surface area contributed by atoms with Crippen molar-refractivity contribution in [1.29, 1.82) is 0 Å². The predicted octanol–water partition coefficient (Wildman–Crippen LogP) is 2.58. The maximum atomic E-state index is 5.78. The lowest BCUT2D eigenvalue weighted by atomic mass is 10.1. The fraction of sp³-hybridized carbons (Fsp3) is 0.600. The van der Waals surface area contributed by atoms with Crippen LogP contribution >= 0.6 is 0 Å². The van der Waals surface area contributed by atoms with Crippen molar-refractivity contribution >= 4 is 5.69 Å². The van der Waals surface area contributed by atoms with Crippen molar-refractivity contribution in [3.05, 3.63) is 17.7 Å². The molecule has 0 spiro atoms. The van der Waals surface area contributed by atoms with Gasteiger partial charge in [-0.1, -0.05) is 0 Å². The third kappa shape index (κ3) is 4.31. The molecule has 4 nitrogen and oxygen atoms in total. The minimum atomic E-state index is 0.264. The van der Waals surface area contributed by atoms with Crippen molar-refractivity contribution in [2.75, 3.05) is 32.7 Å². The first-order chi connectivity index (χ1) is 8.99. The highest BCUT2D eigenvalue weighted by atomic mass is 16.5. The molecule has 0 bridgehead atoms. The summed E-state index contributed by atoms with van der Waals surface area (Å²) in [5.74, 6) is 1.54. The van der Waals surface area contributed by atoms with Gasteiger partial charge in [-0.25, -0.2) is 0 Å². The summed E-state index contributed by atoms with van der Waals surface area (Å²) >= 11 is 0. The Kier molecular flexibility index (Phi) is 5.96. The Morgan fingerprint density at radius 3 is 2.32 bits per heavy atom. The number of aryl methyl sites for hydroxylation is 1. The van der Waals surface area contributed by atoms with Crippen molar-refractivity contribution < 1.29 is 9.47 Å². The van der Waals surface area contributed by atoms with Crippen molar-refractivity contribution in [3.8, 4) is 11.5 Å². The predicted molar refractivity (Wildman–Crippen MR) is 80.4 cm³/mol. The third-order valence-electron chi connectivity index (χ3n) is 3.27. The number of methoxy groups -OCH3 is 2. The van der Waals surface area contributed by atoms with Crippen molar-refractivity contribution in [3.63, 3.8) is 0 Å². The fourth-order valence-corrected chi connectivity index (χ4v) is 2.15. The minimum absolute atomic E-state index is 0.264. The molecule has 0 saturated heterocycles.